The predicted octanol–water partition coefficient (Wildman–Crippen LogP) is 3.10. The van der Waals surface area contributed by atoms with Gasteiger partial charge in [-0.25, -0.2) is 14.8 Å². The fourth-order valence-corrected chi connectivity index (χ4v) is 4.52. The number of phenols is 1. The average Bonchev–Trinajstić information content (AvgIpc) is 2.74. The molecule has 0 radical (unpaired) electrons. The number of fused-ring (bicyclic) bond motifs is 1. The van der Waals surface area contributed by atoms with E-state index in [9.17, 15) is 14.7 Å². The zero-order chi connectivity index (χ0) is 22.0. The Bertz CT molecular complexity index is 1150. The Labute approximate surface area is 179 Å². The van der Waals surface area contributed by atoms with Crippen molar-refractivity contribution in [2.45, 2.75) is 45.1 Å². The maximum absolute atomic E-state index is 12.6. The first kappa shape index (κ1) is 20.8. The molecule has 162 valence electrons. The number of aromatic hydroxyl groups is 1. The van der Waals surface area contributed by atoms with Crippen molar-refractivity contribution in [1.82, 2.24) is 20.3 Å². The Kier molecular flexibility index (Phi) is 5.88. The molecule has 0 spiro atoms. The number of nitrogens with two attached hydrogens (primary N) is 1. The fraction of sp³-hybridized carbons (Fsp3) is 0.391. The maximum atomic E-state index is 12.6. The van der Waals surface area contributed by atoms with E-state index in [4.69, 9.17) is 5.73 Å². The van der Waals surface area contributed by atoms with E-state index in [0.29, 0.717) is 39.8 Å². The molecule has 8 nitrogen and oxygen atoms in total. The molecule has 1 aliphatic rings. The van der Waals surface area contributed by atoms with Gasteiger partial charge in [0.15, 0.2) is 0 Å². The molecule has 2 aromatic heterocycles. The summed E-state index contributed by atoms with van der Waals surface area (Å²) in [5, 5.41) is 13.6. The van der Waals surface area contributed by atoms with E-state index in [2.05, 4.69) is 27.2 Å². The molecule has 0 saturated heterocycles. The topological polar surface area (TPSA) is 134 Å². The molecule has 1 aliphatic carbocycles. The van der Waals surface area contributed by atoms with E-state index in [1.54, 1.807) is 36.5 Å². The molecule has 2 amide bonds. The van der Waals surface area contributed by atoms with Gasteiger partial charge in [-0.15, -0.1) is 0 Å². The lowest BCUT2D eigenvalue weighted by atomic mass is 9.77. The van der Waals surface area contributed by atoms with Gasteiger partial charge in [-0.2, -0.15) is 0 Å². The number of benzene rings is 1. The SMILES string of the molecule is C[C@@H](Cc1ncc2cc(-c3ccccc3O)c(=O)[nH]c2n1)C1CCC(NC(N)=O)CC1. The standard InChI is InChI=1S/C23H27N5O3/c1-13(14-6-8-16(9-7-14)26-23(24)31)10-20-25-12-15-11-18(22(30)28-21(15)27-20)17-4-2-3-5-19(17)29/h2-5,11-14,16,29H,6-10H2,1H3,(H3,24,26,31)(H,25,27,28,30)/t13-,14?,16?/m0/s1. The molecular weight excluding hydrogens is 394 g/mol. The first-order valence-electron chi connectivity index (χ1n) is 10.6. The number of nitrogens with one attached hydrogen (secondary N) is 2. The van der Waals surface area contributed by atoms with Gasteiger partial charge >= 0.3 is 6.03 Å². The summed E-state index contributed by atoms with van der Waals surface area (Å²) >= 11 is 0. The van der Waals surface area contributed by atoms with Crippen molar-refractivity contribution in [2.75, 3.05) is 0 Å². The van der Waals surface area contributed by atoms with Crippen LogP contribution in [-0.4, -0.2) is 32.1 Å². The van der Waals surface area contributed by atoms with E-state index in [-0.39, 0.29) is 17.4 Å². The average molecular weight is 422 g/mol. The molecule has 5 N–H and O–H groups in total. The van der Waals surface area contributed by atoms with Crippen LogP contribution in [0.2, 0.25) is 0 Å². The van der Waals surface area contributed by atoms with Gasteiger partial charge in [0, 0.05) is 29.6 Å². The lowest BCUT2D eigenvalue weighted by molar-refractivity contribution is 0.215. The molecule has 31 heavy (non-hydrogen) atoms. The highest BCUT2D eigenvalue weighted by Crippen LogP contribution is 2.32. The Balaban J connectivity index is 1.48. The van der Waals surface area contributed by atoms with Gasteiger partial charge in [0.25, 0.3) is 5.56 Å². The van der Waals surface area contributed by atoms with Gasteiger partial charge in [0.1, 0.15) is 17.2 Å². The molecule has 2 heterocycles. The third-order valence-corrected chi connectivity index (χ3v) is 6.27. The number of nitrogens with zero attached hydrogens (tertiary/aromatic N) is 2. The van der Waals surface area contributed by atoms with Crippen molar-refractivity contribution in [3.8, 4) is 16.9 Å². The Morgan fingerprint density at radius 2 is 2.00 bits per heavy atom. The second kappa shape index (κ2) is 8.75. The van der Waals surface area contributed by atoms with Crippen molar-refractivity contribution in [1.29, 1.82) is 0 Å². The van der Waals surface area contributed by atoms with E-state index < -0.39 is 6.03 Å². The molecule has 4 rings (SSSR count). The number of carbonyl (C=O) groups is 1. The van der Waals surface area contributed by atoms with E-state index >= 15 is 0 Å². The highest BCUT2D eigenvalue weighted by atomic mass is 16.3. The zero-order valence-electron chi connectivity index (χ0n) is 17.5. The number of H-pyrrole nitrogens is 1. The number of carbonyl (C=O) groups excluding carboxylic acids is 1. The first-order chi connectivity index (χ1) is 14.9. The van der Waals surface area contributed by atoms with Crippen LogP contribution in [-0.2, 0) is 6.42 Å². The highest BCUT2D eigenvalue weighted by molar-refractivity contribution is 5.81. The van der Waals surface area contributed by atoms with Crippen LogP contribution >= 0.6 is 0 Å². The summed E-state index contributed by atoms with van der Waals surface area (Å²) in [6.45, 7) is 2.20. The molecule has 0 aliphatic heterocycles. The minimum Gasteiger partial charge on any atom is -0.507 e. The van der Waals surface area contributed by atoms with Crippen LogP contribution in [0.5, 0.6) is 5.75 Å². The number of amides is 2. The van der Waals surface area contributed by atoms with Crippen LogP contribution in [0.1, 0.15) is 38.4 Å². The summed E-state index contributed by atoms with van der Waals surface area (Å²) in [5.74, 6) is 1.68. The second-order valence-electron chi connectivity index (χ2n) is 8.42. The normalized spacial score (nSPS) is 19.8. The lowest BCUT2D eigenvalue weighted by Gasteiger charge is -2.32. The van der Waals surface area contributed by atoms with E-state index in [0.717, 1.165) is 32.1 Å². The Morgan fingerprint density at radius 3 is 2.71 bits per heavy atom. The van der Waals surface area contributed by atoms with Crippen molar-refractivity contribution in [2.24, 2.45) is 17.6 Å². The minimum atomic E-state index is -0.458. The van der Waals surface area contributed by atoms with Crippen molar-refractivity contribution in [3.63, 3.8) is 0 Å². The molecular formula is C23H27N5O3. The van der Waals surface area contributed by atoms with Crippen LogP contribution in [0.15, 0.2) is 41.3 Å². The third kappa shape index (κ3) is 4.68. The van der Waals surface area contributed by atoms with Gasteiger partial charge in [0.2, 0.25) is 0 Å². The van der Waals surface area contributed by atoms with E-state index in [1.807, 2.05) is 0 Å². The van der Waals surface area contributed by atoms with Crippen molar-refractivity contribution in [3.05, 3.63) is 52.7 Å². The summed E-state index contributed by atoms with van der Waals surface area (Å²) in [5.41, 5.74) is 6.28. The van der Waals surface area contributed by atoms with Crippen LogP contribution in [0.3, 0.4) is 0 Å². The maximum Gasteiger partial charge on any atom is 0.312 e. The first-order valence-corrected chi connectivity index (χ1v) is 10.6. The number of aromatic nitrogens is 3. The van der Waals surface area contributed by atoms with E-state index in [1.165, 1.54) is 0 Å². The number of hydrogen-bond acceptors (Lipinski definition) is 5. The summed E-state index contributed by atoms with van der Waals surface area (Å²) < 4.78 is 0. The van der Waals surface area contributed by atoms with Crippen LogP contribution < -0.4 is 16.6 Å². The molecule has 8 heteroatoms. The molecule has 1 saturated carbocycles. The number of pyridine rings is 1. The Morgan fingerprint density at radius 1 is 1.26 bits per heavy atom. The molecule has 0 bridgehead atoms. The number of primary amides is 1. The number of urea groups is 1. The zero-order valence-corrected chi connectivity index (χ0v) is 17.5. The minimum absolute atomic E-state index is 0.0551. The largest absolute Gasteiger partial charge is 0.507 e. The number of phenolic OH excluding ortho intramolecular Hbond substituents is 1. The van der Waals surface area contributed by atoms with Gasteiger partial charge in [-0.3, -0.25) is 4.79 Å². The third-order valence-electron chi connectivity index (χ3n) is 6.27. The number of aromatic amines is 1. The molecule has 0 unspecified atom stereocenters. The number of para-hydroxylation sites is 1. The number of hydrogen-bond donors (Lipinski definition) is 4. The number of rotatable bonds is 5. The molecule has 3 aromatic rings. The monoisotopic (exact) mass is 421 g/mol. The predicted molar refractivity (Wildman–Crippen MR) is 119 cm³/mol. The summed E-state index contributed by atoms with van der Waals surface area (Å²) in [7, 11) is 0. The smallest absolute Gasteiger partial charge is 0.312 e. The van der Waals surface area contributed by atoms with Gasteiger partial charge < -0.3 is 21.1 Å². The summed E-state index contributed by atoms with van der Waals surface area (Å²) in [6, 6.07) is 8.17. The molecule has 1 aromatic carbocycles. The van der Waals surface area contributed by atoms with Gasteiger partial charge in [-0.05, 0) is 49.7 Å². The fourth-order valence-electron chi connectivity index (χ4n) is 4.52. The van der Waals surface area contributed by atoms with Gasteiger partial charge in [0.05, 0.1) is 5.56 Å². The quantitative estimate of drug-likeness (QED) is 0.502. The van der Waals surface area contributed by atoms with Crippen molar-refractivity contribution < 1.29 is 9.90 Å². The molecule has 1 fully saturated rings. The lowest BCUT2D eigenvalue weighted by Crippen LogP contribution is -2.41. The highest BCUT2D eigenvalue weighted by Gasteiger charge is 2.26. The van der Waals surface area contributed by atoms with Crippen LogP contribution in [0.4, 0.5) is 4.79 Å². The molecule has 1 atom stereocenters. The summed E-state index contributed by atoms with van der Waals surface area (Å²) in [6.07, 6.45) is 6.36. The van der Waals surface area contributed by atoms with Crippen LogP contribution in [0, 0.1) is 11.8 Å². The Hall–Kier alpha value is -3.42. The van der Waals surface area contributed by atoms with Gasteiger partial charge in [-0.1, -0.05) is 25.1 Å². The van der Waals surface area contributed by atoms with Crippen LogP contribution in [0.25, 0.3) is 22.2 Å². The summed E-state index contributed by atoms with van der Waals surface area (Å²) in [4.78, 5) is 35.6. The second-order valence-corrected chi connectivity index (χ2v) is 8.42. The van der Waals surface area contributed by atoms with Crippen molar-refractivity contribution >= 4 is 17.1 Å².